The molecule has 5 rings (SSSR count). The fourth-order valence-corrected chi connectivity index (χ4v) is 5.23. The van der Waals surface area contributed by atoms with Gasteiger partial charge in [-0.3, -0.25) is 14.3 Å². The van der Waals surface area contributed by atoms with Crippen molar-refractivity contribution >= 4 is 44.4 Å². The van der Waals surface area contributed by atoms with Crippen molar-refractivity contribution in [1.82, 2.24) is 24.2 Å². The number of benzene rings is 1. The predicted octanol–water partition coefficient (Wildman–Crippen LogP) is 3.31. The van der Waals surface area contributed by atoms with Crippen molar-refractivity contribution in [3.05, 3.63) is 65.7 Å². The first-order valence-corrected chi connectivity index (χ1v) is 13.9. The zero-order valence-electron chi connectivity index (χ0n) is 21.6. The SMILES string of the molecule is CCN(C)S(=O)(=O)Nc1ccc(F)c(C(=O)c2c[nH]c3ncc(-c4cnc(N5CCC(=O)CC5)nc4)cc23)c1F. The lowest BCUT2D eigenvalue weighted by Crippen LogP contribution is -2.34. The van der Waals surface area contributed by atoms with E-state index in [9.17, 15) is 22.4 Å². The second-order valence-electron chi connectivity index (χ2n) is 9.25. The van der Waals surface area contributed by atoms with Crippen LogP contribution in [0.15, 0.2) is 43.0 Å². The summed E-state index contributed by atoms with van der Waals surface area (Å²) >= 11 is 0. The summed E-state index contributed by atoms with van der Waals surface area (Å²) in [5.74, 6) is -2.76. The van der Waals surface area contributed by atoms with Crippen LogP contribution in [-0.4, -0.2) is 70.9 Å². The Morgan fingerprint density at radius 1 is 1.10 bits per heavy atom. The number of Topliss-reactive ketones (excluding diaryl/α,β-unsaturated/α-hetero) is 1. The van der Waals surface area contributed by atoms with Gasteiger partial charge in [-0.05, 0) is 18.2 Å². The van der Waals surface area contributed by atoms with Crippen molar-refractivity contribution in [3.8, 4) is 11.1 Å². The van der Waals surface area contributed by atoms with Crippen molar-refractivity contribution in [1.29, 1.82) is 0 Å². The van der Waals surface area contributed by atoms with E-state index in [0.29, 0.717) is 54.0 Å². The molecule has 1 fully saturated rings. The van der Waals surface area contributed by atoms with E-state index < -0.39 is 38.9 Å². The number of hydrogen-bond acceptors (Lipinski definition) is 8. The summed E-state index contributed by atoms with van der Waals surface area (Å²) < 4.78 is 57.9. The van der Waals surface area contributed by atoms with Gasteiger partial charge in [0.1, 0.15) is 17.2 Å². The first kappa shape index (κ1) is 27.3. The molecule has 0 amide bonds. The molecule has 40 heavy (non-hydrogen) atoms. The third-order valence-corrected chi connectivity index (χ3v) is 8.32. The molecule has 1 aromatic carbocycles. The van der Waals surface area contributed by atoms with Crippen molar-refractivity contribution in [3.63, 3.8) is 0 Å². The summed E-state index contributed by atoms with van der Waals surface area (Å²) in [5.41, 5.74) is -0.0446. The third kappa shape index (κ3) is 5.14. The lowest BCUT2D eigenvalue weighted by Gasteiger charge is -2.25. The molecular formula is C26H25F2N7O4S. The van der Waals surface area contributed by atoms with Gasteiger partial charge in [0, 0.05) is 86.4 Å². The summed E-state index contributed by atoms with van der Waals surface area (Å²) in [6.45, 7) is 2.80. The zero-order valence-corrected chi connectivity index (χ0v) is 22.4. The van der Waals surface area contributed by atoms with E-state index in [1.54, 1.807) is 31.6 Å². The number of hydrogen-bond donors (Lipinski definition) is 2. The molecule has 11 nitrogen and oxygen atoms in total. The number of fused-ring (bicyclic) bond motifs is 1. The molecule has 1 aliphatic heterocycles. The lowest BCUT2D eigenvalue weighted by atomic mass is 10.0. The van der Waals surface area contributed by atoms with Crippen LogP contribution in [0.25, 0.3) is 22.2 Å². The van der Waals surface area contributed by atoms with E-state index in [4.69, 9.17) is 0 Å². The Morgan fingerprint density at radius 3 is 2.45 bits per heavy atom. The Morgan fingerprint density at radius 2 is 1.77 bits per heavy atom. The van der Waals surface area contributed by atoms with Crippen LogP contribution >= 0.6 is 0 Å². The Balaban J connectivity index is 1.46. The fraction of sp³-hybridized carbons (Fsp3) is 0.269. The number of nitrogens with one attached hydrogen (secondary N) is 2. The number of ketones is 2. The highest BCUT2D eigenvalue weighted by Gasteiger charge is 2.27. The van der Waals surface area contributed by atoms with Crippen molar-refractivity contribution in [2.45, 2.75) is 19.8 Å². The van der Waals surface area contributed by atoms with Crippen LogP contribution in [0.1, 0.15) is 35.7 Å². The van der Waals surface area contributed by atoms with Crippen LogP contribution in [0, 0.1) is 11.6 Å². The van der Waals surface area contributed by atoms with E-state index >= 15 is 4.39 Å². The molecule has 14 heteroatoms. The number of pyridine rings is 1. The highest BCUT2D eigenvalue weighted by Crippen LogP contribution is 2.30. The second-order valence-corrected chi connectivity index (χ2v) is 11.0. The van der Waals surface area contributed by atoms with Gasteiger partial charge in [0.05, 0.1) is 11.3 Å². The Kier molecular flexibility index (Phi) is 7.29. The number of carbonyl (C=O) groups is 2. The number of aromatic amines is 1. The number of piperidine rings is 1. The maximum absolute atomic E-state index is 15.4. The molecular weight excluding hydrogens is 544 g/mol. The molecule has 4 aromatic rings. The second kappa shape index (κ2) is 10.7. The number of carbonyl (C=O) groups excluding carboxylic acids is 2. The molecule has 2 N–H and O–H groups in total. The van der Waals surface area contributed by atoms with Gasteiger partial charge in [-0.2, -0.15) is 12.7 Å². The smallest absolute Gasteiger partial charge is 0.301 e. The summed E-state index contributed by atoms with van der Waals surface area (Å²) in [4.78, 5) is 42.8. The van der Waals surface area contributed by atoms with Crippen LogP contribution < -0.4 is 9.62 Å². The molecule has 0 bridgehead atoms. The van der Waals surface area contributed by atoms with Gasteiger partial charge < -0.3 is 9.88 Å². The van der Waals surface area contributed by atoms with E-state index in [1.807, 2.05) is 4.90 Å². The molecule has 0 atom stereocenters. The quantitative estimate of drug-likeness (QED) is 0.308. The Bertz CT molecular complexity index is 1720. The van der Waals surface area contributed by atoms with Gasteiger partial charge in [-0.25, -0.2) is 23.7 Å². The summed E-state index contributed by atoms with van der Waals surface area (Å²) in [7, 11) is -2.82. The van der Waals surface area contributed by atoms with Crippen LogP contribution in [-0.2, 0) is 15.0 Å². The van der Waals surface area contributed by atoms with E-state index in [0.717, 1.165) is 16.4 Å². The minimum Gasteiger partial charge on any atom is -0.345 e. The number of rotatable bonds is 8. The molecule has 0 unspecified atom stereocenters. The monoisotopic (exact) mass is 569 g/mol. The van der Waals surface area contributed by atoms with Crippen molar-refractivity contribution in [2.24, 2.45) is 0 Å². The first-order valence-electron chi connectivity index (χ1n) is 12.4. The summed E-state index contributed by atoms with van der Waals surface area (Å²) in [6.07, 6.45) is 6.92. The first-order chi connectivity index (χ1) is 19.1. The Hall–Kier alpha value is -4.30. The summed E-state index contributed by atoms with van der Waals surface area (Å²) in [6, 6.07) is 3.38. The standard InChI is InChI=1S/C26H25F2N7O4S/c1-3-34(2)40(38,39)33-21-5-4-20(27)22(23(21)28)24(37)19-14-30-25-18(19)10-15(11-29-25)16-12-31-26(32-13-16)35-8-6-17(36)7-9-35/h4-5,10-14,33H,3,6-9H2,1-2H3,(H,29,30). The Labute approximate surface area is 228 Å². The average Bonchev–Trinajstić information content (AvgIpc) is 3.38. The normalized spacial score (nSPS) is 14.2. The minimum atomic E-state index is -4.12. The molecule has 1 saturated heterocycles. The van der Waals surface area contributed by atoms with Crippen molar-refractivity contribution in [2.75, 3.05) is 36.3 Å². The topological polar surface area (TPSA) is 141 Å². The largest absolute Gasteiger partial charge is 0.345 e. The number of anilines is 2. The van der Waals surface area contributed by atoms with Crippen LogP contribution in [0.5, 0.6) is 0 Å². The van der Waals surface area contributed by atoms with E-state index in [2.05, 4.69) is 24.7 Å². The average molecular weight is 570 g/mol. The van der Waals surface area contributed by atoms with Gasteiger partial charge in [0.25, 0.3) is 0 Å². The molecule has 3 aromatic heterocycles. The predicted molar refractivity (Wildman–Crippen MR) is 144 cm³/mol. The highest BCUT2D eigenvalue weighted by atomic mass is 32.2. The number of aromatic nitrogens is 4. The van der Waals surface area contributed by atoms with Gasteiger partial charge in [-0.1, -0.05) is 6.92 Å². The van der Waals surface area contributed by atoms with Crippen molar-refractivity contribution < 1.29 is 26.8 Å². The molecule has 0 spiro atoms. The highest BCUT2D eigenvalue weighted by molar-refractivity contribution is 7.90. The van der Waals surface area contributed by atoms with Crippen LogP contribution in [0.4, 0.5) is 20.4 Å². The molecule has 0 radical (unpaired) electrons. The molecule has 0 aliphatic carbocycles. The van der Waals surface area contributed by atoms with Gasteiger partial charge >= 0.3 is 10.2 Å². The van der Waals surface area contributed by atoms with Crippen LogP contribution in [0.2, 0.25) is 0 Å². The number of nitrogens with zero attached hydrogens (tertiary/aromatic N) is 5. The van der Waals surface area contributed by atoms with E-state index in [-0.39, 0.29) is 17.9 Å². The maximum atomic E-state index is 15.4. The van der Waals surface area contributed by atoms with Gasteiger partial charge in [-0.15, -0.1) is 0 Å². The number of halogens is 2. The third-order valence-electron chi connectivity index (χ3n) is 6.76. The summed E-state index contributed by atoms with van der Waals surface area (Å²) in [5, 5.41) is 0.302. The maximum Gasteiger partial charge on any atom is 0.301 e. The van der Waals surface area contributed by atoms with Gasteiger partial charge in [0.15, 0.2) is 5.82 Å². The minimum absolute atomic E-state index is 0.0524. The molecule has 0 saturated carbocycles. The molecule has 1 aliphatic rings. The molecule has 208 valence electrons. The van der Waals surface area contributed by atoms with E-state index in [1.165, 1.54) is 13.2 Å². The fourth-order valence-electron chi connectivity index (χ4n) is 4.30. The zero-order chi connectivity index (χ0) is 28.6. The van der Waals surface area contributed by atoms with Crippen LogP contribution in [0.3, 0.4) is 0 Å². The lowest BCUT2D eigenvalue weighted by molar-refractivity contribution is -0.119. The molecule has 4 heterocycles. The van der Waals surface area contributed by atoms with Gasteiger partial charge in [0.2, 0.25) is 11.7 Å². The number of H-pyrrole nitrogens is 1.